The van der Waals surface area contributed by atoms with E-state index in [4.69, 9.17) is 4.74 Å². The van der Waals surface area contributed by atoms with Gasteiger partial charge in [-0.05, 0) is 81.5 Å². The van der Waals surface area contributed by atoms with Gasteiger partial charge in [-0.2, -0.15) is 0 Å². The predicted octanol–water partition coefficient (Wildman–Crippen LogP) is 4.95. The van der Waals surface area contributed by atoms with Crippen molar-refractivity contribution >= 4 is 23.6 Å². The van der Waals surface area contributed by atoms with Crippen molar-refractivity contribution < 1.29 is 29.3 Å². The Kier molecular flexibility index (Phi) is 10.7. The minimum atomic E-state index is -1.19. The maximum Gasteiger partial charge on any atom is 0.408 e. The highest BCUT2D eigenvalue weighted by Gasteiger charge is 2.36. The number of phenolic OH excluding ortho intramolecular Hbond substituents is 1. The first kappa shape index (κ1) is 32.1. The van der Waals surface area contributed by atoms with Gasteiger partial charge in [0.25, 0.3) is 5.91 Å². The number of anilines is 1. The molecule has 224 valence electrons. The van der Waals surface area contributed by atoms with Crippen molar-refractivity contribution in [3.63, 3.8) is 0 Å². The SMILES string of the molecule is Cc1cc(C(C(=O)Nc2c(C)cccc2C)N(CCO)C(=O)C(Cc2ccccc2)NC(=O)OC(C)(C)C)ccc1O. The maximum atomic E-state index is 14.3. The first-order valence-corrected chi connectivity index (χ1v) is 13.9. The zero-order valence-corrected chi connectivity index (χ0v) is 25.1. The molecule has 0 heterocycles. The molecule has 0 aliphatic heterocycles. The number of aromatic hydroxyl groups is 1. The van der Waals surface area contributed by atoms with E-state index in [1.165, 1.54) is 11.0 Å². The van der Waals surface area contributed by atoms with Gasteiger partial charge >= 0.3 is 6.09 Å². The summed E-state index contributed by atoms with van der Waals surface area (Å²) in [5.74, 6) is -1.04. The molecule has 3 aromatic carbocycles. The molecule has 0 bridgehead atoms. The number of aliphatic hydroxyl groups excluding tert-OH is 1. The maximum absolute atomic E-state index is 14.3. The Labute approximate surface area is 247 Å². The van der Waals surface area contributed by atoms with Gasteiger partial charge in [-0.25, -0.2) is 4.79 Å². The highest BCUT2D eigenvalue weighted by atomic mass is 16.6. The molecule has 3 rings (SSSR count). The average molecular weight is 576 g/mol. The lowest BCUT2D eigenvalue weighted by Crippen LogP contribution is -2.54. The van der Waals surface area contributed by atoms with Crippen molar-refractivity contribution in [2.75, 3.05) is 18.5 Å². The van der Waals surface area contributed by atoms with Gasteiger partial charge in [0.15, 0.2) is 0 Å². The zero-order valence-electron chi connectivity index (χ0n) is 25.1. The second-order valence-electron chi connectivity index (χ2n) is 11.3. The minimum absolute atomic E-state index is 0.0428. The summed E-state index contributed by atoms with van der Waals surface area (Å²) in [6.45, 7) is 9.99. The fourth-order valence-corrected chi connectivity index (χ4v) is 4.70. The van der Waals surface area contributed by atoms with E-state index in [0.29, 0.717) is 16.8 Å². The third-order valence-corrected chi connectivity index (χ3v) is 6.72. The van der Waals surface area contributed by atoms with E-state index in [1.807, 2.05) is 62.4 Å². The summed E-state index contributed by atoms with van der Waals surface area (Å²) in [7, 11) is 0. The lowest BCUT2D eigenvalue weighted by atomic mass is 9.98. The summed E-state index contributed by atoms with van der Waals surface area (Å²) in [4.78, 5) is 42.5. The molecule has 4 N–H and O–H groups in total. The van der Waals surface area contributed by atoms with Gasteiger partial charge in [-0.1, -0.05) is 54.6 Å². The third-order valence-electron chi connectivity index (χ3n) is 6.72. The normalized spacial score (nSPS) is 12.6. The molecular weight excluding hydrogens is 534 g/mol. The minimum Gasteiger partial charge on any atom is -0.508 e. The van der Waals surface area contributed by atoms with Crippen LogP contribution in [0.2, 0.25) is 0 Å². The number of phenols is 1. The largest absolute Gasteiger partial charge is 0.508 e. The molecule has 0 saturated heterocycles. The Balaban J connectivity index is 2.09. The lowest BCUT2D eigenvalue weighted by Gasteiger charge is -2.34. The molecule has 2 atom stereocenters. The van der Waals surface area contributed by atoms with Gasteiger partial charge < -0.3 is 30.5 Å². The van der Waals surface area contributed by atoms with Gasteiger partial charge in [0, 0.05) is 18.7 Å². The highest BCUT2D eigenvalue weighted by Crippen LogP contribution is 2.29. The third kappa shape index (κ3) is 8.57. The summed E-state index contributed by atoms with van der Waals surface area (Å²) < 4.78 is 5.45. The molecule has 2 unspecified atom stereocenters. The molecule has 0 fully saturated rings. The van der Waals surface area contributed by atoms with Gasteiger partial charge in [0.05, 0.1) is 6.61 Å². The molecule has 9 heteroatoms. The number of carbonyl (C=O) groups is 3. The summed E-state index contributed by atoms with van der Waals surface area (Å²) in [6.07, 6.45) is -0.654. The highest BCUT2D eigenvalue weighted by molar-refractivity contribution is 6.00. The Morgan fingerprint density at radius 3 is 2.12 bits per heavy atom. The van der Waals surface area contributed by atoms with Crippen LogP contribution in [0.25, 0.3) is 0 Å². The van der Waals surface area contributed by atoms with Crippen LogP contribution in [0.5, 0.6) is 5.75 Å². The molecule has 0 spiro atoms. The monoisotopic (exact) mass is 575 g/mol. The second kappa shape index (κ2) is 14.0. The van der Waals surface area contributed by atoms with Crippen molar-refractivity contribution in [3.05, 3.63) is 94.5 Å². The van der Waals surface area contributed by atoms with E-state index in [9.17, 15) is 24.6 Å². The molecular formula is C33H41N3O6. The molecule has 42 heavy (non-hydrogen) atoms. The van der Waals surface area contributed by atoms with Crippen molar-refractivity contribution in [3.8, 4) is 5.75 Å². The van der Waals surface area contributed by atoms with Crippen molar-refractivity contribution in [1.82, 2.24) is 10.2 Å². The molecule has 0 aromatic heterocycles. The molecule has 0 saturated carbocycles. The number of aliphatic hydroxyl groups is 1. The van der Waals surface area contributed by atoms with Gasteiger partial charge in [0.2, 0.25) is 5.91 Å². The molecule has 0 aliphatic carbocycles. The fraction of sp³-hybridized carbons (Fsp3) is 0.364. The van der Waals surface area contributed by atoms with Crippen LogP contribution in [0, 0.1) is 20.8 Å². The fourth-order valence-electron chi connectivity index (χ4n) is 4.70. The van der Waals surface area contributed by atoms with Gasteiger partial charge in [-0.15, -0.1) is 0 Å². The van der Waals surface area contributed by atoms with Crippen molar-refractivity contribution in [1.29, 1.82) is 0 Å². The Morgan fingerprint density at radius 1 is 0.905 bits per heavy atom. The number of benzene rings is 3. The number of carbonyl (C=O) groups excluding carboxylic acids is 3. The quantitative estimate of drug-likeness (QED) is 0.271. The second-order valence-corrected chi connectivity index (χ2v) is 11.3. The summed E-state index contributed by atoms with van der Waals surface area (Å²) in [6, 6.07) is 17.2. The van der Waals surface area contributed by atoms with Crippen LogP contribution < -0.4 is 10.6 Å². The van der Waals surface area contributed by atoms with E-state index in [2.05, 4.69) is 10.6 Å². The summed E-state index contributed by atoms with van der Waals surface area (Å²) >= 11 is 0. The van der Waals surface area contributed by atoms with Crippen LogP contribution in [-0.2, 0) is 20.7 Å². The number of aryl methyl sites for hydroxylation is 3. The number of nitrogens with one attached hydrogen (secondary N) is 2. The molecule has 0 radical (unpaired) electrons. The number of alkyl carbamates (subject to hydrolysis) is 1. The zero-order chi connectivity index (χ0) is 31.0. The lowest BCUT2D eigenvalue weighted by molar-refractivity contribution is -0.141. The smallest absolute Gasteiger partial charge is 0.408 e. The van der Waals surface area contributed by atoms with Crippen LogP contribution in [0.4, 0.5) is 10.5 Å². The number of hydrogen-bond donors (Lipinski definition) is 4. The number of nitrogens with zero attached hydrogens (tertiary/aromatic N) is 1. The number of ether oxygens (including phenoxy) is 1. The summed E-state index contributed by atoms with van der Waals surface area (Å²) in [5, 5.41) is 25.9. The number of hydrogen-bond acceptors (Lipinski definition) is 6. The predicted molar refractivity (Wildman–Crippen MR) is 162 cm³/mol. The van der Waals surface area contributed by atoms with E-state index in [-0.39, 0.29) is 18.7 Å². The standard InChI is InChI=1S/C33H41N3O6/c1-21-11-10-12-22(2)28(21)35-30(39)29(25-15-16-27(38)23(3)19-25)36(17-18-37)31(40)26(20-24-13-8-7-9-14-24)34-32(41)42-33(4,5)6/h7-16,19,26,29,37-38H,17-18,20H2,1-6H3,(H,34,41)(H,35,39). The van der Waals surface area contributed by atoms with Crippen LogP contribution in [-0.4, -0.2) is 57.8 Å². The Morgan fingerprint density at radius 2 is 1.55 bits per heavy atom. The first-order chi connectivity index (χ1) is 19.8. The molecule has 9 nitrogen and oxygen atoms in total. The van der Waals surface area contributed by atoms with Crippen LogP contribution in [0.1, 0.15) is 54.6 Å². The van der Waals surface area contributed by atoms with Crippen LogP contribution in [0.15, 0.2) is 66.7 Å². The van der Waals surface area contributed by atoms with Gasteiger partial charge in [0.1, 0.15) is 23.4 Å². The molecule has 0 aliphatic rings. The van der Waals surface area contributed by atoms with Crippen molar-refractivity contribution in [2.24, 2.45) is 0 Å². The number of para-hydroxylation sites is 1. The summed E-state index contributed by atoms with van der Waals surface area (Å²) in [5.41, 5.74) is 3.25. The average Bonchev–Trinajstić information content (AvgIpc) is 2.91. The van der Waals surface area contributed by atoms with E-state index < -0.39 is 42.2 Å². The van der Waals surface area contributed by atoms with Crippen molar-refractivity contribution in [2.45, 2.75) is 65.6 Å². The Hall–Kier alpha value is -4.37. The topological polar surface area (TPSA) is 128 Å². The van der Waals surface area contributed by atoms with E-state index >= 15 is 0 Å². The van der Waals surface area contributed by atoms with E-state index in [1.54, 1.807) is 39.8 Å². The van der Waals surface area contributed by atoms with E-state index in [0.717, 1.165) is 16.7 Å². The number of amides is 3. The van der Waals surface area contributed by atoms with Gasteiger partial charge in [-0.3, -0.25) is 9.59 Å². The Bertz CT molecular complexity index is 1380. The first-order valence-electron chi connectivity index (χ1n) is 13.9. The molecule has 3 aromatic rings. The van der Waals surface area contributed by atoms with Crippen LogP contribution >= 0.6 is 0 Å². The van der Waals surface area contributed by atoms with Crippen LogP contribution in [0.3, 0.4) is 0 Å². The number of rotatable bonds is 10. The molecule has 3 amide bonds.